The quantitative estimate of drug-likeness (QED) is 0.632. The molecule has 0 atom stereocenters. The van der Waals surface area contributed by atoms with E-state index < -0.39 is 10.0 Å². The summed E-state index contributed by atoms with van der Waals surface area (Å²) in [7, 11) is -3.70. The van der Waals surface area contributed by atoms with E-state index in [1.165, 1.54) is 30.5 Å². The first-order chi connectivity index (χ1) is 10.5. The Balaban J connectivity index is 1.81. The third kappa shape index (κ3) is 2.97. The van der Waals surface area contributed by atoms with Crippen LogP contribution >= 0.6 is 0 Å². The number of rotatable bonds is 4. The molecule has 8 heteroatoms. The van der Waals surface area contributed by atoms with Crippen molar-refractivity contribution in [3.8, 4) is 5.75 Å². The number of hydrogen-bond acceptors (Lipinski definition) is 6. The SMILES string of the molecule is O=S(=O)(NNc1ncc2cc(O)ccc2n1)c1ccccc1. The Labute approximate surface area is 126 Å². The molecule has 3 aromatic rings. The van der Waals surface area contributed by atoms with Crippen molar-refractivity contribution in [3.05, 3.63) is 54.7 Å². The predicted molar refractivity (Wildman–Crippen MR) is 81.6 cm³/mol. The first kappa shape index (κ1) is 14.2. The van der Waals surface area contributed by atoms with Crippen LogP contribution in [0.4, 0.5) is 5.95 Å². The van der Waals surface area contributed by atoms with Crippen molar-refractivity contribution in [3.63, 3.8) is 0 Å². The van der Waals surface area contributed by atoms with Gasteiger partial charge in [0.15, 0.2) is 0 Å². The topological polar surface area (TPSA) is 104 Å². The minimum absolute atomic E-state index is 0.109. The lowest BCUT2D eigenvalue weighted by atomic mass is 10.2. The normalized spacial score (nSPS) is 11.5. The fourth-order valence-electron chi connectivity index (χ4n) is 1.85. The van der Waals surface area contributed by atoms with Crippen molar-refractivity contribution in [2.45, 2.75) is 4.90 Å². The van der Waals surface area contributed by atoms with Gasteiger partial charge in [-0.25, -0.2) is 18.4 Å². The van der Waals surface area contributed by atoms with E-state index >= 15 is 0 Å². The number of aromatic hydroxyl groups is 1. The van der Waals surface area contributed by atoms with E-state index in [2.05, 4.69) is 20.2 Å². The molecule has 0 unspecified atom stereocenters. The van der Waals surface area contributed by atoms with Crippen LogP contribution in [0.15, 0.2) is 59.6 Å². The van der Waals surface area contributed by atoms with Gasteiger partial charge in [0.2, 0.25) is 5.95 Å². The average molecular weight is 316 g/mol. The molecule has 22 heavy (non-hydrogen) atoms. The van der Waals surface area contributed by atoms with Gasteiger partial charge < -0.3 is 5.11 Å². The number of nitrogens with one attached hydrogen (secondary N) is 2. The zero-order valence-corrected chi connectivity index (χ0v) is 12.1. The van der Waals surface area contributed by atoms with E-state index in [0.29, 0.717) is 10.9 Å². The van der Waals surface area contributed by atoms with E-state index in [1.807, 2.05) is 0 Å². The van der Waals surface area contributed by atoms with Gasteiger partial charge in [-0.15, -0.1) is 4.83 Å². The maximum atomic E-state index is 12.1. The zero-order valence-electron chi connectivity index (χ0n) is 11.3. The molecule has 0 aliphatic carbocycles. The fourth-order valence-corrected chi connectivity index (χ4v) is 2.71. The van der Waals surface area contributed by atoms with Crippen LogP contribution in [0.2, 0.25) is 0 Å². The zero-order chi connectivity index (χ0) is 15.6. The van der Waals surface area contributed by atoms with Crippen LogP contribution in [0.25, 0.3) is 10.9 Å². The summed E-state index contributed by atoms with van der Waals surface area (Å²) in [5.41, 5.74) is 3.05. The molecule has 0 fully saturated rings. The van der Waals surface area contributed by atoms with E-state index in [9.17, 15) is 13.5 Å². The van der Waals surface area contributed by atoms with Crippen molar-refractivity contribution in [2.75, 3.05) is 5.43 Å². The molecule has 0 saturated carbocycles. The van der Waals surface area contributed by atoms with Crippen LogP contribution in [-0.4, -0.2) is 23.5 Å². The number of nitrogens with zero attached hydrogens (tertiary/aromatic N) is 2. The first-order valence-electron chi connectivity index (χ1n) is 6.33. The second-order valence-corrected chi connectivity index (χ2v) is 6.16. The number of phenolic OH excluding ortho intramolecular Hbond substituents is 1. The summed E-state index contributed by atoms with van der Waals surface area (Å²) in [6.07, 6.45) is 1.49. The van der Waals surface area contributed by atoms with Gasteiger partial charge in [0.1, 0.15) is 5.75 Å². The van der Waals surface area contributed by atoms with Crippen LogP contribution in [0, 0.1) is 0 Å². The summed E-state index contributed by atoms with van der Waals surface area (Å²) in [4.78, 5) is 10.5. The second-order valence-electron chi connectivity index (χ2n) is 4.48. The highest BCUT2D eigenvalue weighted by Gasteiger charge is 2.13. The highest BCUT2D eigenvalue weighted by atomic mass is 32.2. The third-order valence-corrected chi connectivity index (χ3v) is 4.18. The summed E-state index contributed by atoms with van der Waals surface area (Å²) in [6.45, 7) is 0. The predicted octanol–water partition coefficient (Wildman–Crippen LogP) is 1.64. The number of hydrazine groups is 1. The molecular formula is C14H12N4O3S. The molecule has 0 aliphatic heterocycles. The van der Waals surface area contributed by atoms with Crippen LogP contribution in [0.5, 0.6) is 5.75 Å². The minimum Gasteiger partial charge on any atom is -0.508 e. The van der Waals surface area contributed by atoms with Gasteiger partial charge in [-0.05, 0) is 30.3 Å². The molecule has 112 valence electrons. The smallest absolute Gasteiger partial charge is 0.257 e. The van der Waals surface area contributed by atoms with Crippen LogP contribution in [-0.2, 0) is 10.0 Å². The third-order valence-electron chi connectivity index (χ3n) is 2.91. The van der Waals surface area contributed by atoms with Crippen LogP contribution in [0.3, 0.4) is 0 Å². The molecule has 0 saturated heterocycles. The van der Waals surface area contributed by atoms with Gasteiger partial charge in [0.25, 0.3) is 10.0 Å². The van der Waals surface area contributed by atoms with Gasteiger partial charge >= 0.3 is 0 Å². The van der Waals surface area contributed by atoms with Gasteiger partial charge in [0.05, 0.1) is 10.4 Å². The number of hydrogen-bond donors (Lipinski definition) is 3. The van der Waals surface area contributed by atoms with E-state index in [0.717, 1.165) is 0 Å². The second kappa shape index (κ2) is 5.58. The number of benzene rings is 2. The fraction of sp³-hybridized carbons (Fsp3) is 0. The lowest BCUT2D eigenvalue weighted by Gasteiger charge is -2.08. The largest absolute Gasteiger partial charge is 0.508 e. The number of anilines is 1. The molecule has 3 N–H and O–H groups in total. The lowest BCUT2D eigenvalue weighted by Crippen LogP contribution is -2.30. The lowest BCUT2D eigenvalue weighted by molar-refractivity contribution is 0.476. The number of phenols is 1. The summed E-state index contributed by atoms with van der Waals surface area (Å²) in [5.74, 6) is 0.222. The van der Waals surface area contributed by atoms with Crippen LogP contribution < -0.4 is 10.3 Å². The maximum Gasteiger partial charge on any atom is 0.257 e. The molecule has 0 radical (unpaired) electrons. The Morgan fingerprint density at radius 3 is 2.59 bits per heavy atom. The Kier molecular flexibility index (Phi) is 3.61. The monoisotopic (exact) mass is 316 g/mol. The summed E-state index contributed by atoms with van der Waals surface area (Å²) in [5, 5.41) is 10.0. The van der Waals surface area contributed by atoms with E-state index in [1.54, 1.807) is 24.3 Å². The van der Waals surface area contributed by atoms with Crippen molar-refractivity contribution in [1.82, 2.24) is 14.8 Å². The molecule has 3 rings (SSSR count). The van der Waals surface area contributed by atoms with Crippen molar-refractivity contribution in [1.29, 1.82) is 0 Å². The minimum atomic E-state index is -3.70. The Morgan fingerprint density at radius 1 is 1.05 bits per heavy atom. The molecule has 0 bridgehead atoms. The molecule has 0 aliphatic rings. The Morgan fingerprint density at radius 2 is 1.82 bits per heavy atom. The molecular weight excluding hydrogens is 304 g/mol. The molecule has 1 aromatic heterocycles. The van der Waals surface area contributed by atoms with Crippen molar-refractivity contribution >= 4 is 26.9 Å². The molecule has 0 amide bonds. The first-order valence-corrected chi connectivity index (χ1v) is 7.81. The summed E-state index contributed by atoms with van der Waals surface area (Å²) in [6, 6.07) is 12.6. The van der Waals surface area contributed by atoms with E-state index in [4.69, 9.17) is 0 Å². The highest BCUT2D eigenvalue weighted by molar-refractivity contribution is 7.89. The number of aromatic nitrogens is 2. The summed E-state index contributed by atoms with van der Waals surface area (Å²) >= 11 is 0. The van der Waals surface area contributed by atoms with Gasteiger partial charge in [-0.1, -0.05) is 18.2 Å². The average Bonchev–Trinajstić information content (AvgIpc) is 2.54. The Bertz CT molecular complexity index is 914. The number of sulfonamides is 1. The van der Waals surface area contributed by atoms with Crippen molar-refractivity contribution in [2.24, 2.45) is 0 Å². The van der Waals surface area contributed by atoms with Crippen molar-refractivity contribution < 1.29 is 13.5 Å². The van der Waals surface area contributed by atoms with Gasteiger partial charge in [-0.3, -0.25) is 5.43 Å². The standard InChI is InChI=1S/C14H12N4O3S/c19-11-6-7-13-10(8-11)9-15-14(16-13)17-18-22(20,21)12-4-2-1-3-5-12/h1-9,18-19H,(H,15,16,17). The maximum absolute atomic E-state index is 12.1. The van der Waals surface area contributed by atoms with Gasteiger partial charge in [0, 0.05) is 11.6 Å². The highest BCUT2D eigenvalue weighted by Crippen LogP contribution is 2.18. The number of fused-ring (bicyclic) bond motifs is 1. The molecule has 1 heterocycles. The Hall–Kier alpha value is -2.71. The molecule has 2 aromatic carbocycles. The summed E-state index contributed by atoms with van der Waals surface area (Å²) < 4.78 is 24.1. The van der Waals surface area contributed by atoms with Gasteiger partial charge in [-0.2, -0.15) is 0 Å². The molecule has 7 nitrogen and oxygen atoms in total. The van der Waals surface area contributed by atoms with Crippen LogP contribution in [0.1, 0.15) is 0 Å². The molecule has 0 spiro atoms. The van der Waals surface area contributed by atoms with E-state index in [-0.39, 0.29) is 16.6 Å².